The number of fused-ring (bicyclic) bond motifs is 9. The molecule has 0 bridgehead atoms. The molecule has 1 atom stereocenters. The molecule has 0 saturated carbocycles. The quantitative estimate of drug-likeness (QED) is 0.170. The van der Waals surface area contributed by atoms with Crippen molar-refractivity contribution in [1.82, 2.24) is 14.5 Å². The van der Waals surface area contributed by atoms with Gasteiger partial charge in [-0.3, -0.25) is 0 Å². The van der Waals surface area contributed by atoms with E-state index in [2.05, 4.69) is 227 Å². The molecule has 4 heterocycles. The lowest BCUT2D eigenvalue weighted by molar-refractivity contribution is 0.670. The van der Waals surface area contributed by atoms with Gasteiger partial charge in [0.15, 0.2) is 5.84 Å². The van der Waals surface area contributed by atoms with Crippen LogP contribution in [0.4, 0.5) is 0 Å². The lowest BCUT2D eigenvalue weighted by Crippen LogP contribution is -2.34. The Morgan fingerprint density at radius 3 is 1.75 bits per heavy atom. The van der Waals surface area contributed by atoms with E-state index in [9.17, 15) is 0 Å². The van der Waals surface area contributed by atoms with Crippen molar-refractivity contribution in [1.29, 1.82) is 0 Å². The topological polar surface area (TPSA) is 46.6 Å². The van der Waals surface area contributed by atoms with Crippen molar-refractivity contribution in [3.05, 3.63) is 253 Å². The van der Waals surface area contributed by atoms with Gasteiger partial charge in [0.2, 0.25) is 0 Å². The third kappa shape index (κ3) is 6.30. The second kappa shape index (κ2) is 15.9. The Morgan fingerprint density at radius 2 is 0.971 bits per heavy atom. The maximum Gasteiger partial charge on any atom is 0.159 e. The Balaban J connectivity index is 0.984. The number of hydrogen-bond donors (Lipinski definition) is 1. The normalized spacial score (nSPS) is 13.9. The van der Waals surface area contributed by atoms with Crippen LogP contribution in [0, 0.1) is 0 Å². The average Bonchev–Trinajstić information content (AvgIpc) is 4.09. The van der Waals surface area contributed by atoms with Crippen molar-refractivity contribution in [3.63, 3.8) is 0 Å². The molecule has 0 spiro atoms. The highest BCUT2D eigenvalue weighted by atomic mass is 32.1. The van der Waals surface area contributed by atoms with Gasteiger partial charge in [-0.1, -0.05) is 182 Å². The van der Waals surface area contributed by atoms with Crippen LogP contribution in [0.15, 0.2) is 247 Å². The van der Waals surface area contributed by atoms with E-state index in [1.165, 1.54) is 75.0 Å². The molecule has 1 unspecified atom stereocenters. The molecule has 0 aliphatic carbocycles. The smallest absolute Gasteiger partial charge is 0.159 e. The van der Waals surface area contributed by atoms with E-state index in [-0.39, 0.29) is 0 Å². The van der Waals surface area contributed by atoms with Gasteiger partial charge in [0, 0.05) is 64.1 Å². The fraction of sp³-hybridized carbons (Fsp3) is 0.0159. The van der Waals surface area contributed by atoms with E-state index in [1.807, 2.05) is 35.6 Å². The van der Waals surface area contributed by atoms with Gasteiger partial charge >= 0.3 is 0 Å². The van der Waals surface area contributed by atoms with Crippen LogP contribution in [0.1, 0.15) is 22.9 Å². The van der Waals surface area contributed by atoms with Crippen LogP contribution in [0.25, 0.3) is 97.4 Å². The standard InChI is InChI=1S/C63H41N5S/c1-4-19-40(20-5-1)61-64-62(41-21-6-2-7-22-41)66-63(65-61)49-26-11-14-32-52(49)68-51-31-13-10-25-47(51)58-45(30-17-34-54(58)68)46-29-16-33-53-59(46)48-38-37-42(39-55(48)67(53)43-23-8-3-9-24-43)44-28-18-36-57-60(44)50-27-12-15-35-56(50)69-57/h1-39,63H,(H,64,65,66). The molecule has 69 heavy (non-hydrogen) atoms. The molecule has 6 heteroatoms. The minimum absolute atomic E-state index is 0.406. The molecule has 0 fully saturated rings. The third-order valence-corrected chi connectivity index (χ3v) is 14.9. The average molecular weight is 900 g/mol. The van der Waals surface area contributed by atoms with Gasteiger partial charge in [0.05, 0.1) is 27.8 Å². The van der Waals surface area contributed by atoms with Crippen molar-refractivity contribution in [2.24, 2.45) is 9.98 Å². The van der Waals surface area contributed by atoms with E-state index >= 15 is 0 Å². The van der Waals surface area contributed by atoms with Crippen LogP contribution in [-0.2, 0) is 0 Å². The van der Waals surface area contributed by atoms with Gasteiger partial charge < -0.3 is 14.5 Å². The lowest BCUT2D eigenvalue weighted by atomic mass is 9.94. The SMILES string of the molecule is c1ccc(C2=NC(c3ccccc3-n3c4ccccc4c4c(-c5cccc6c5c5ccc(-c7cccc8sc9ccccc9c78)cc5n6-c5ccccc5)cccc43)NC(c3ccccc3)=N2)cc1. The largest absolute Gasteiger partial charge is 0.344 e. The first-order valence-electron chi connectivity index (χ1n) is 23.4. The summed E-state index contributed by atoms with van der Waals surface area (Å²) >= 11 is 1.87. The number of para-hydroxylation sites is 3. The number of nitrogens with one attached hydrogen (secondary N) is 1. The second-order valence-electron chi connectivity index (χ2n) is 17.7. The van der Waals surface area contributed by atoms with Crippen molar-refractivity contribution in [2.75, 3.05) is 0 Å². The van der Waals surface area contributed by atoms with Gasteiger partial charge in [-0.2, -0.15) is 0 Å². The van der Waals surface area contributed by atoms with Gasteiger partial charge in [0.25, 0.3) is 0 Å². The molecular formula is C63H41N5S. The zero-order valence-electron chi connectivity index (χ0n) is 37.3. The van der Waals surface area contributed by atoms with Crippen molar-refractivity contribution >= 4 is 86.8 Å². The number of aromatic nitrogens is 2. The minimum Gasteiger partial charge on any atom is -0.344 e. The molecule has 0 amide bonds. The summed E-state index contributed by atoms with van der Waals surface area (Å²) in [5, 5.41) is 11.2. The number of rotatable bonds is 7. The zero-order valence-corrected chi connectivity index (χ0v) is 38.1. The molecular weight excluding hydrogens is 859 g/mol. The molecule has 14 rings (SSSR count). The Kier molecular flexibility index (Phi) is 9.07. The molecule has 0 radical (unpaired) electrons. The highest BCUT2D eigenvalue weighted by Gasteiger charge is 2.27. The van der Waals surface area contributed by atoms with E-state index < -0.39 is 6.17 Å². The van der Waals surface area contributed by atoms with Gasteiger partial charge in [-0.05, 0) is 76.9 Å². The first kappa shape index (κ1) is 39.3. The summed E-state index contributed by atoms with van der Waals surface area (Å²) < 4.78 is 7.51. The predicted octanol–water partition coefficient (Wildman–Crippen LogP) is 16.1. The summed E-state index contributed by atoms with van der Waals surface area (Å²) in [5.74, 6) is 1.49. The van der Waals surface area contributed by atoms with Crippen LogP contribution in [0.5, 0.6) is 0 Å². The molecule has 5 nitrogen and oxygen atoms in total. The summed E-state index contributed by atoms with van der Waals surface area (Å²) in [6.07, 6.45) is -0.406. The zero-order chi connectivity index (χ0) is 45.4. The molecule has 13 aromatic rings. The van der Waals surface area contributed by atoms with E-state index in [0.29, 0.717) is 5.84 Å². The number of aliphatic imine (C=N–C) groups is 2. The maximum atomic E-state index is 5.34. The first-order valence-corrected chi connectivity index (χ1v) is 24.3. The molecule has 1 aliphatic heterocycles. The lowest BCUT2D eigenvalue weighted by Gasteiger charge is -2.26. The Hall–Kier alpha value is -8.84. The van der Waals surface area contributed by atoms with E-state index in [1.54, 1.807) is 0 Å². The molecule has 324 valence electrons. The Bertz CT molecular complexity index is 4220. The maximum absolute atomic E-state index is 5.34. The van der Waals surface area contributed by atoms with Gasteiger partial charge in [-0.15, -0.1) is 11.3 Å². The van der Waals surface area contributed by atoms with Gasteiger partial charge in [0.1, 0.15) is 12.0 Å². The summed E-state index contributed by atoms with van der Waals surface area (Å²) in [4.78, 5) is 10.4. The monoisotopic (exact) mass is 899 g/mol. The van der Waals surface area contributed by atoms with E-state index in [4.69, 9.17) is 9.98 Å². The van der Waals surface area contributed by atoms with Crippen molar-refractivity contribution < 1.29 is 0 Å². The number of thiophene rings is 1. The molecule has 1 N–H and O–H groups in total. The van der Waals surface area contributed by atoms with Crippen LogP contribution in [-0.4, -0.2) is 20.8 Å². The molecule has 0 saturated heterocycles. The molecule has 1 aliphatic rings. The third-order valence-electron chi connectivity index (χ3n) is 13.8. The first-order chi connectivity index (χ1) is 34.2. The fourth-order valence-electron chi connectivity index (χ4n) is 10.8. The second-order valence-corrected chi connectivity index (χ2v) is 18.8. The number of benzene rings is 10. The van der Waals surface area contributed by atoms with Crippen LogP contribution >= 0.6 is 11.3 Å². The highest BCUT2D eigenvalue weighted by molar-refractivity contribution is 7.25. The van der Waals surface area contributed by atoms with Crippen LogP contribution < -0.4 is 5.32 Å². The molecule has 3 aromatic heterocycles. The van der Waals surface area contributed by atoms with Crippen LogP contribution in [0.3, 0.4) is 0 Å². The summed E-state index contributed by atoms with van der Waals surface area (Å²) in [6.45, 7) is 0. The predicted molar refractivity (Wildman–Crippen MR) is 291 cm³/mol. The van der Waals surface area contributed by atoms with Gasteiger partial charge in [-0.25, -0.2) is 9.98 Å². The molecule has 10 aromatic carbocycles. The number of hydrogen-bond acceptors (Lipinski definition) is 4. The Labute approximate surface area is 402 Å². The van der Waals surface area contributed by atoms with E-state index in [0.717, 1.165) is 44.9 Å². The highest BCUT2D eigenvalue weighted by Crippen LogP contribution is 2.46. The Morgan fingerprint density at radius 1 is 0.391 bits per heavy atom. The number of nitrogens with zero attached hydrogens (tertiary/aromatic N) is 4. The summed E-state index contributed by atoms with van der Waals surface area (Å²) in [7, 11) is 0. The van der Waals surface area contributed by atoms with Crippen molar-refractivity contribution in [2.45, 2.75) is 6.17 Å². The number of amidine groups is 2. The summed E-state index contributed by atoms with van der Waals surface area (Å²) in [5.41, 5.74) is 14.7. The fourth-order valence-corrected chi connectivity index (χ4v) is 12.0. The van der Waals surface area contributed by atoms with Crippen LogP contribution in [0.2, 0.25) is 0 Å². The van der Waals surface area contributed by atoms with Crippen molar-refractivity contribution in [3.8, 4) is 33.6 Å². The minimum atomic E-state index is -0.406. The summed E-state index contributed by atoms with van der Waals surface area (Å²) in [6, 6.07) is 85.2.